The topological polar surface area (TPSA) is 41.1 Å². The van der Waals surface area contributed by atoms with Crippen molar-refractivity contribution < 1.29 is 4.79 Å². The van der Waals surface area contributed by atoms with Crippen LogP contribution < -0.4 is 10.6 Å². The Bertz CT molecular complexity index is 335. The third kappa shape index (κ3) is 1.49. The van der Waals surface area contributed by atoms with Crippen LogP contribution in [0.5, 0.6) is 0 Å². The predicted octanol–water partition coefficient (Wildman–Crippen LogP) is 1.93. The third-order valence-corrected chi connectivity index (χ3v) is 2.31. The molecule has 2 N–H and O–H groups in total. The maximum Gasteiger partial charge on any atom is 0.319 e. The quantitative estimate of drug-likeness (QED) is 0.623. The second-order valence-electron chi connectivity index (χ2n) is 3.32. The highest BCUT2D eigenvalue weighted by Gasteiger charge is 2.16. The summed E-state index contributed by atoms with van der Waals surface area (Å²) in [5.41, 5.74) is 2.12. The van der Waals surface area contributed by atoms with Crippen LogP contribution in [0.15, 0.2) is 24.3 Å². The maximum absolute atomic E-state index is 11.2. The molecule has 1 aromatic rings. The predicted molar refractivity (Wildman–Crippen MR) is 51.9 cm³/mol. The number of urea groups is 1. The van der Waals surface area contributed by atoms with Crippen LogP contribution in [0.2, 0.25) is 0 Å². The largest absolute Gasteiger partial charge is 0.337 e. The number of hydrogen-bond donors (Lipinski definition) is 2. The number of carbonyl (C=O) groups excluding carboxylic acids is 1. The molecule has 3 nitrogen and oxygen atoms in total. The summed E-state index contributed by atoms with van der Waals surface area (Å²) in [5.74, 6) is 0.371. The number of benzene rings is 1. The van der Waals surface area contributed by atoms with Gasteiger partial charge in [0.2, 0.25) is 0 Å². The minimum absolute atomic E-state index is 0.114. The molecule has 2 amide bonds. The smallest absolute Gasteiger partial charge is 0.319 e. The van der Waals surface area contributed by atoms with E-state index in [4.69, 9.17) is 0 Å². The van der Waals surface area contributed by atoms with Crippen LogP contribution in [-0.2, 0) is 0 Å². The molecule has 0 bridgehead atoms. The standard InChI is InChI=1S/C10H12N2O/c1-7-6-11-10(13)12-9-5-3-2-4-8(7)9/h2-5,7H,6H2,1H3,(H2,11,12,13). The second kappa shape index (κ2) is 3.09. The normalized spacial score (nSPS) is 21.0. The van der Waals surface area contributed by atoms with Crippen molar-refractivity contribution in [2.45, 2.75) is 12.8 Å². The van der Waals surface area contributed by atoms with Gasteiger partial charge in [-0.15, -0.1) is 0 Å². The first kappa shape index (κ1) is 8.10. The molecule has 3 heteroatoms. The molecule has 13 heavy (non-hydrogen) atoms. The van der Waals surface area contributed by atoms with Crippen molar-refractivity contribution in [3.05, 3.63) is 29.8 Å². The van der Waals surface area contributed by atoms with E-state index in [0.717, 1.165) is 5.69 Å². The number of carbonyl (C=O) groups is 1. The Balaban J connectivity index is 2.43. The lowest BCUT2D eigenvalue weighted by Gasteiger charge is -2.09. The number of amides is 2. The molecule has 1 aromatic carbocycles. The van der Waals surface area contributed by atoms with Crippen molar-refractivity contribution >= 4 is 11.7 Å². The summed E-state index contributed by atoms with van der Waals surface area (Å²) in [4.78, 5) is 11.2. The van der Waals surface area contributed by atoms with Gasteiger partial charge in [-0.05, 0) is 11.6 Å². The van der Waals surface area contributed by atoms with Crippen LogP contribution >= 0.6 is 0 Å². The zero-order chi connectivity index (χ0) is 9.26. The van der Waals surface area contributed by atoms with Crippen LogP contribution in [-0.4, -0.2) is 12.6 Å². The van der Waals surface area contributed by atoms with E-state index in [-0.39, 0.29) is 6.03 Å². The number of anilines is 1. The zero-order valence-electron chi connectivity index (χ0n) is 7.50. The molecule has 1 atom stereocenters. The lowest BCUT2D eigenvalue weighted by molar-refractivity contribution is 0.252. The van der Waals surface area contributed by atoms with Crippen LogP contribution in [0.25, 0.3) is 0 Å². The summed E-state index contributed by atoms with van der Waals surface area (Å²) < 4.78 is 0. The molecule has 0 saturated heterocycles. The molecule has 1 heterocycles. The Hall–Kier alpha value is -1.51. The highest BCUT2D eigenvalue weighted by molar-refractivity contribution is 5.91. The summed E-state index contributed by atoms with van der Waals surface area (Å²) >= 11 is 0. The molecule has 0 aliphatic carbocycles. The molecule has 0 aromatic heterocycles. The molecule has 1 aliphatic heterocycles. The summed E-state index contributed by atoms with van der Waals surface area (Å²) in [6.07, 6.45) is 0. The highest BCUT2D eigenvalue weighted by Crippen LogP contribution is 2.25. The molecule has 2 rings (SSSR count). The highest BCUT2D eigenvalue weighted by atomic mass is 16.2. The second-order valence-corrected chi connectivity index (χ2v) is 3.32. The number of hydrogen-bond acceptors (Lipinski definition) is 1. The Morgan fingerprint density at radius 1 is 1.38 bits per heavy atom. The Morgan fingerprint density at radius 2 is 2.15 bits per heavy atom. The fraction of sp³-hybridized carbons (Fsp3) is 0.300. The van der Waals surface area contributed by atoms with Gasteiger partial charge in [0.15, 0.2) is 0 Å². The van der Waals surface area contributed by atoms with Gasteiger partial charge in [-0.1, -0.05) is 25.1 Å². The average Bonchev–Trinajstić information content (AvgIpc) is 2.27. The Kier molecular flexibility index (Phi) is 1.93. The number of nitrogens with one attached hydrogen (secondary N) is 2. The van der Waals surface area contributed by atoms with Crippen LogP contribution in [0.1, 0.15) is 18.4 Å². The van der Waals surface area contributed by atoms with Gasteiger partial charge in [-0.3, -0.25) is 0 Å². The fourth-order valence-corrected chi connectivity index (χ4v) is 1.56. The van der Waals surface area contributed by atoms with Crippen LogP contribution in [0, 0.1) is 0 Å². The van der Waals surface area contributed by atoms with E-state index >= 15 is 0 Å². The first-order chi connectivity index (χ1) is 6.27. The summed E-state index contributed by atoms with van der Waals surface area (Å²) in [5, 5.41) is 5.59. The first-order valence-corrected chi connectivity index (χ1v) is 4.41. The molecule has 1 aliphatic rings. The number of rotatable bonds is 0. The maximum atomic E-state index is 11.2. The number of para-hydroxylation sites is 1. The van der Waals surface area contributed by atoms with E-state index in [9.17, 15) is 4.79 Å². The monoisotopic (exact) mass is 176 g/mol. The van der Waals surface area contributed by atoms with Crippen molar-refractivity contribution in [1.29, 1.82) is 0 Å². The minimum atomic E-state index is -0.114. The molecular weight excluding hydrogens is 164 g/mol. The van der Waals surface area contributed by atoms with E-state index in [1.54, 1.807) is 0 Å². The molecule has 0 radical (unpaired) electrons. The van der Waals surface area contributed by atoms with Gasteiger partial charge in [0.05, 0.1) is 0 Å². The molecule has 1 unspecified atom stereocenters. The van der Waals surface area contributed by atoms with Crippen molar-refractivity contribution in [1.82, 2.24) is 5.32 Å². The lowest BCUT2D eigenvalue weighted by atomic mass is 10.00. The Labute approximate surface area is 77.1 Å². The summed E-state index contributed by atoms with van der Waals surface area (Å²) in [6, 6.07) is 7.78. The lowest BCUT2D eigenvalue weighted by Crippen LogP contribution is -2.28. The SMILES string of the molecule is CC1CNC(=O)Nc2ccccc21. The average molecular weight is 176 g/mol. The van der Waals surface area contributed by atoms with E-state index in [1.165, 1.54) is 5.56 Å². The van der Waals surface area contributed by atoms with Gasteiger partial charge in [0, 0.05) is 18.2 Å². The summed E-state index contributed by atoms with van der Waals surface area (Å²) in [7, 11) is 0. The van der Waals surface area contributed by atoms with E-state index < -0.39 is 0 Å². The third-order valence-electron chi connectivity index (χ3n) is 2.31. The zero-order valence-corrected chi connectivity index (χ0v) is 7.50. The van der Waals surface area contributed by atoms with Crippen LogP contribution in [0.4, 0.5) is 10.5 Å². The van der Waals surface area contributed by atoms with Gasteiger partial charge in [-0.2, -0.15) is 0 Å². The van der Waals surface area contributed by atoms with Crippen LogP contribution in [0.3, 0.4) is 0 Å². The molecule has 0 fully saturated rings. The molecule has 68 valence electrons. The fourth-order valence-electron chi connectivity index (χ4n) is 1.56. The Morgan fingerprint density at radius 3 is 3.00 bits per heavy atom. The van der Waals surface area contributed by atoms with Gasteiger partial charge in [0.1, 0.15) is 0 Å². The summed E-state index contributed by atoms with van der Waals surface area (Å²) in [6.45, 7) is 2.80. The van der Waals surface area contributed by atoms with E-state index in [2.05, 4.69) is 17.6 Å². The molecular formula is C10H12N2O. The van der Waals surface area contributed by atoms with Gasteiger partial charge >= 0.3 is 6.03 Å². The molecule has 0 saturated carbocycles. The van der Waals surface area contributed by atoms with E-state index in [1.807, 2.05) is 24.3 Å². The first-order valence-electron chi connectivity index (χ1n) is 4.41. The van der Waals surface area contributed by atoms with Gasteiger partial charge in [0.25, 0.3) is 0 Å². The van der Waals surface area contributed by atoms with Crippen molar-refractivity contribution in [2.75, 3.05) is 11.9 Å². The van der Waals surface area contributed by atoms with Crippen molar-refractivity contribution in [3.8, 4) is 0 Å². The van der Waals surface area contributed by atoms with E-state index in [0.29, 0.717) is 12.5 Å². The van der Waals surface area contributed by atoms with Gasteiger partial charge in [-0.25, -0.2) is 4.79 Å². The van der Waals surface area contributed by atoms with Crippen molar-refractivity contribution in [3.63, 3.8) is 0 Å². The minimum Gasteiger partial charge on any atom is -0.337 e. The molecule has 0 spiro atoms. The van der Waals surface area contributed by atoms with Gasteiger partial charge < -0.3 is 10.6 Å². The van der Waals surface area contributed by atoms with Crippen molar-refractivity contribution in [2.24, 2.45) is 0 Å². The number of fused-ring (bicyclic) bond motifs is 1.